The van der Waals surface area contributed by atoms with E-state index in [0.29, 0.717) is 23.2 Å². The fourth-order valence-corrected chi connectivity index (χ4v) is 2.22. The summed E-state index contributed by atoms with van der Waals surface area (Å²) in [6.45, 7) is 3.05. The first-order valence-corrected chi connectivity index (χ1v) is 6.31. The van der Waals surface area contributed by atoms with E-state index in [9.17, 15) is 13.2 Å². The van der Waals surface area contributed by atoms with E-state index in [-0.39, 0.29) is 6.54 Å². The second-order valence-electron chi connectivity index (χ2n) is 5.23. The number of aromatic nitrogens is 1. The van der Waals surface area contributed by atoms with Crippen molar-refractivity contribution in [2.45, 2.75) is 26.1 Å². The molecule has 0 radical (unpaired) electrons. The number of rotatable bonds is 4. The summed E-state index contributed by atoms with van der Waals surface area (Å²) in [5.74, 6) is 1.54. The summed E-state index contributed by atoms with van der Waals surface area (Å²) in [5, 5.41) is 0. The molecule has 0 bridgehead atoms. The van der Waals surface area contributed by atoms with Gasteiger partial charge < -0.3 is 10.6 Å². The second-order valence-corrected chi connectivity index (χ2v) is 5.23. The molecule has 6 heteroatoms. The minimum Gasteiger partial charge on any atom is -0.359 e. The number of nitrogens with two attached hydrogens (primary N) is 1. The van der Waals surface area contributed by atoms with Crippen molar-refractivity contribution in [2.75, 3.05) is 18.5 Å². The molecular weight excluding hydrogens is 255 g/mol. The van der Waals surface area contributed by atoms with Crippen molar-refractivity contribution in [1.82, 2.24) is 4.98 Å². The van der Waals surface area contributed by atoms with Gasteiger partial charge in [0.25, 0.3) is 0 Å². The largest absolute Gasteiger partial charge is 0.433 e. The summed E-state index contributed by atoms with van der Waals surface area (Å²) in [6.07, 6.45) is -3.29. The Balaban J connectivity index is 2.25. The molecule has 1 aliphatic rings. The summed E-state index contributed by atoms with van der Waals surface area (Å²) < 4.78 is 38.1. The molecule has 3 nitrogen and oxygen atoms in total. The molecule has 1 fully saturated rings. The first-order valence-electron chi connectivity index (χ1n) is 6.31. The molecule has 2 N–H and O–H groups in total. The lowest BCUT2D eigenvalue weighted by atomic mass is 10.2. The molecule has 1 aromatic rings. The van der Waals surface area contributed by atoms with Gasteiger partial charge in [-0.1, -0.05) is 13.0 Å². The number of nitrogens with zero attached hydrogens (tertiary/aromatic N) is 2. The van der Waals surface area contributed by atoms with E-state index >= 15 is 0 Å². The highest BCUT2D eigenvalue weighted by atomic mass is 19.4. The fraction of sp³-hybridized carbons (Fsp3) is 0.615. The molecule has 0 aliphatic heterocycles. The van der Waals surface area contributed by atoms with Crippen LogP contribution in [0.2, 0.25) is 0 Å². The van der Waals surface area contributed by atoms with Gasteiger partial charge in [0.1, 0.15) is 11.5 Å². The molecule has 2 atom stereocenters. The highest BCUT2D eigenvalue weighted by Gasteiger charge is 2.35. The van der Waals surface area contributed by atoms with Crippen LogP contribution in [-0.2, 0) is 12.7 Å². The summed E-state index contributed by atoms with van der Waals surface area (Å²) >= 11 is 0. The maximum Gasteiger partial charge on any atom is 0.433 e. The van der Waals surface area contributed by atoms with Crippen molar-refractivity contribution in [1.29, 1.82) is 0 Å². The van der Waals surface area contributed by atoms with Gasteiger partial charge in [-0.05, 0) is 24.3 Å². The van der Waals surface area contributed by atoms with Crippen LogP contribution in [-0.4, -0.2) is 18.6 Å². The fourth-order valence-electron chi connectivity index (χ4n) is 2.22. The van der Waals surface area contributed by atoms with E-state index in [4.69, 9.17) is 5.73 Å². The Morgan fingerprint density at radius 3 is 2.53 bits per heavy atom. The van der Waals surface area contributed by atoms with Gasteiger partial charge in [-0.2, -0.15) is 13.2 Å². The average Bonchev–Trinajstić information content (AvgIpc) is 3.02. The average molecular weight is 273 g/mol. The zero-order valence-corrected chi connectivity index (χ0v) is 11.0. The number of halogens is 3. The van der Waals surface area contributed by atoms with E-state index in [1.165, 1.54) is 6.07 Å². The Morgan fingerprint density at radius 2 is 2.05 bits per heavy atom. The first kappa shape index (κ1) is 14.1. The van der Waals surface area contributed by atoms with Gasteiger partial charge in [-0.25, -0.2) is 4.98 Å². The van der Waals surface area contributed by atoms with Crippen molar-refractivity contribution in [3.05, 3.63) is 23.4 Å². The Labute approximate surface area is 110 Å². The van der Waals surface area contributed by atoms with Crippen molar-refractivity contribution in [3.63, 3.8) is 0 Å². The predicted molar refractivity (Wildman–Crippen MR) is 67.7 cm³/mol. The smallest absolute Gasteiger partial charge is 0.359 e. The van der Waals surface area contributed by atoms with Crippen molar-refractivity contribution in [3.8, 4) is 0 Å². The SMILES string of the molecule is CC1CC1CN(C)c1nc(C(F)(F)F)ccc1CN. The van der Waals surface area contributed by atoms with Gasteiger partial charge in [0, 0.05) is 25.7 Å². The van der Waals surface area contributed by atoms with Gasteiger partial charge in [-0.3, -0.25) is 0 Å². The van der Waals surface area contributed by atoms with Crippen LogP contribution in [0.4, 0.5) is 19.0 Å². The lowest BCUT2D eigenvalue weighted by Crippen LogP contribution is -2.25. The van der Waals surface area contributed by atoms with Crippen molar-refractivity contribution < 1.29 is 13.2 Å². The molecule has 1 aliphatic carbocycles. The van der Waals surface area contributed by atoms with Gasteiger partial charge in [0.2, 0.25) is 0 Å². The van der Waals surface area contributed by atoms with Crippen molar-refractivity contribution >= 4 is 5.82 Å². The molecule has 0 aromatic carbocycles. The van der Waals surface area contributed by atoms with Crippen LogP contribution in [0.5, 0.6) is 0 Å². The Bertz CT molecular complexity index is 459. The number of alkyl halides is 3. The normalized spacial score (nSPS) is 22.4. The van der Waals surface area contributed by atoms with Gasteiger partial charge in [0.15, 0.2) is 0 Å². The number of anilines is 1. The van der Waals surface area contributed by atoms with Crippen LogP contribution in [0.15, 0.2) is 12.1 Å². The highest BCUT2D eigenvalue weighted by molar-refractivity contribution is 5.47. The van der Waals surface area contributed by atoms with Crippen LogP contribution < -0.4 is 10.6 Å². The monoisotopic (exact) mass is 273 g/mol. The Hall–Kier alpha value is -1.30. The van der Waals surface area contributed by atoms with Crippen LogP contribution in [0.25, 0.3) is 0 Å². The zero-order chi connectivity index (χ0) is 14.2. The first-order chi connectivity index (χ1) is 8.82. The predicted octanol–water partition coefficient (Wildman–Crippen LogP) is 2.65. The summed E-state index contributed by atoms with van der Waals surface area (Å²) in [7, 11) is 1.77. The minimum atomic E-state index is -4.42. The number of hydrogen-bond acceptors (Lipinski definition) is 3. The lowest BCUT2D eigenvalue weighted by molar-refractivity contribution is -0.141. The van der Waals surface area contributed by atoms with Crippen LogP contribution in [0, 0.1) is 11.8 Å². The maximum atomic E-state index is 12.7. The molecule has 1 aromatic heterocycles. The van der Waals surface area contributed by atoms with Crippen LogP contribution in [0.1, 0.15) is 24.6 Å². The van der Waals surface area contributed by atoms with E-state index in [0.717, 1.165) is 19.0 Å². The quantitative estimate of drug-likeness (QED) is 0.917. The second kappa shape index (κ2) is 5.00. The van der Waals surface area contributed by atoms with Gasteiger partial charge >= 0.3 is 6.18 Å². The summed E-state index contributed by atoms with van der Waals surface area (Å²) in [5.41, 5.74) is 5.35. The molecule has 0 saturated heterocycles. The third-order valence-corrected chi connectivity index (χ3v) is 3.61. The lowest BCUT2D eigenvalue weighted by Gasteiger charge is -2.22. The third-order valence-electron chi connectivity index (χ3n) is 3.61. The highest BCUT2D eigenvalue weighted by Crippen LogP contribution is 2.39. The third kappa shape index (κ3) is 3.18. The Kier molecular flexibility index (Phi) is 3.71. The molecule has 19 heavy (non-hydrogen) atoms. The maximum absolute atomic E-state index is 12.7. The zero-order valence-electron chi connectivity index (χ0n) is 11.0. The molecular formula is C13H18F3N3. The topological polar surface area (TPSA) is 42.2 Å². The van der Waals surface area contributed by atoms with Crippen LogP contribution >= 0.6 is 0 Å². The van der Waals surface area contributed by atoms with Crippen LogP contribution in [0.3, 0.4) is 0 Å². The Morgan fingerprint density at radius 1 is 1.42 bits per heavy atom. The van der Waals surface area contributed by atoms with Gasteiger partial charge in [0.05, 0.1) is 0 Å². The van der Waals surface area contributed by atoms with E-state index < -0.39 is 11.9 Å². The molecule has 1 heterocycles. The summed E-state index contributed by atoms with van der Waals surface area (Å²) in [4.78, 5) is 5.52. The standard InChI is InChI=1S/C13H18F3N3/c1-8-5-10(8)7-19(2)12-9(6-17)3-4-11(18-12)13(14,15)16/h3-4,8,10H,5-7,17H2,1-2H3. The van der Waals surface area contributed by atoms with E-state index in [1.807, 2.05) is 0 Å². The number of pyridine rings is 1. The van der Waals surface area contributed by atoms with E-state index in [1.54, 1.807) is 11.9 Å². The molecule has 1 saturated carbocycles. The van der Waals surface area contributed by atoms with Crippen molar-refractivity contribution in [2.24, 2.45) is 17.6 Å². The number of hydrogen-bond donors (Lipinski definition) is 1. The van der Waals surface area contributed by atoms with Gasteiger partial charge in [-0.15, -0.1) is 0 Å². The molecule has 0 spiro atoms. The molecule has 2 rings (SSSR count). The molecule has 0 amide bonds. The molecule has 2 unspecified atom stereocenters. The summed E-state index contributed by atoms with van der Waals surface area (Å²) in [6, 6.07) is 2.40. The molecule has 106 valence electrons. The van der Waals surface area contributed by atoms with E-state index in [2.05, 4.69) is 11.9 Å². The minimum absolute atomic E-state index is 0.186.